The van der Waals surface area contributed by atoms with Gasteiger partial charge in [-0.05, 0) is 30.6 Å². The van der Waals surface area contributed by atoms with E-state index in [4.69, 9.17) is 10.9 Å². The minimum atomic E-state index is -0.0260. The van der Waals surface area contributed by atoms with Gasteiger partial charge in [0, 0.05) is 18.4 Å². The molecular weight excluding hydrogens is 254 g/mol. The lowest BCUT2D eigenvalue weighted by molar-refractivity contribution is -0.122. The fourth-order valence-corrected chi connectivity index (χ4v) is 3.26. The van der Waals surface area contributed by atoms with Crippen molar-refractivity contribution >= 4 is 11.7 Å². The molecule has 1 aliphatic carbocycles. The molecule has 5 nitrogen and oxygen atoms in total. The Morgan fingerprint density at radius 1 is 1.45 bits per heavy atom. The monoisotopic (exact) mass is 283 g/mol. The lowest BCUT2D eigenvalue weighted by atomic mass is 9.84. The molecule has 0 radical (unpaired) electrons. The molecule has 0 saturated heterocycles. The van der Waals surface area contributed by atoms with E-state index >= 15 is 0 Å². The highest BCUT2D eigenvalue weighted by molar-refractivity contribution is 5.84. The molecule has 20 heavy (non-hydrogen) atoms. The number of carbonyl (C=O) groups excluding carboxylic acids is 1. The maximum atomic E-state index is 12.1. The van der Waals surface area contributed by atoms with E-state index in [1.165, 1.54) is 0 Å². The largest absolute Gasteiger partial charge is 0.409 e. The van der Waals surface area contributed by atoms with E-state index in [1.54, 1.807) is 0 Å². The number of rotatable bonds is 5. The summed E-state index contributed by atoms with van der Waals surface area (Å²) in [5, 5.41) is 14.9. The van der Waals surface area contributed by atoms with E-state index < -0.39 is 0 Å². The van der Waals surface area contributed by atoms with E-state index in [-0.39, 0.29) is 29.1 Å². The van der Waals surface area contributed by atoms with E-state index in [0.29, 0.717) is 12.3 Å². The van der Waals surface area contributed by atoms with Crippen molar-refractivity contribution in [3.05, 3.63) is 0 Å². The predicted octanol–water partition coefficient (Wildman–Crippen LogP) is 2.48. The summed E-state index contributed by atoms with van der Waals surface area (Å²) in [7, 11) is 0. The first-order valence-electron chi connectivity index (χ1n) is 7.49. The Hall–Kier alpha value is -1.26. The van der Waals surface area contributed by atoms with Gasteiger partial charge in [-0.1, -0.05) is 39.3 Å². The van der Waals surface area contributed by atoms with Crippen molar-refractivity contribution in [1.29, 1.82) is 0 Å². The van der Waals surface area contributed by atoms with Gasteiger partial charge in [-0.2, -0.15) is 0 Å². The topological polar surface area (TPSA) is 87.7 Å². The molecule has 1 aliphatic rings. The molecule has 3 atom stereocenters. The third-order valence-electron chi connectivity index (χ3n) is 3.85. The molecule has 4 N–H and O–H groups in total. The second-order valence-corrected chi connectivity index (χ2v) is 7.31. The second kappa shape index (κ2) is 6.95. The summed E-state index contributed by atoms with van der Waals surface area (Å²) < 4.78 is 0. The summed E-state index contributed by atoms with van der Waals surface area (Å²) in [6, 6.07) is 0.0141. The van der Waals surface area contributed by atoms with Crippen molar-refractivity contribution in [1.82, 2.24) is 5.32 Å². The average Bonchev–Trinajstić information content (AvgIpc) is 2.73. The zero-order valence-corrected chi connectivity index (χ0v) is 13.1. The average molecular weight is 283 g/mol. The van der Waals surface area contributed by atoms with Crippen LogP contribution in [-0.2, 0) is 4.79 Å². The van der Waals surface area contributed by atoms with Crippen molar-refractivity contribution in [2.24, 2.45) is 28.1 Å². The van der Waals surface area contributed by atoms with Crippen LogP contribution in [-0.4, -0.2) is 23.0 Å². The lowest BCUT2D eigenvalue weighted by Gasteiger charge is -2.24. The van der Waals surface area contributed by atoms with Gasteiger partial charge in [0.15, 0.2) is 0 Å². The standard InChI is InChI=1S/C15H29N3O2/c1-10(9-15(2,3)4)8-13(19)17-12-7-5-6-11(12)14(16)18-20/h10-12,20H,5-9H2,1-4H3,(H2,16,18)(H,17,19). The normalized spacial score (nSPS) is 25.5. The number of nitrogens with two attached hydrogens (primary N) is 1. The van der Waals surface area contributed by atoms with Gasteiger partial charge in [-0.3, -0.25) is 4.79 Å². The zero-order chi connectivity index (χ0) is 15.3. The number of carbonyl (C=O) groups is 1. The second-order valence-electron chi connectivity index (χ2n) is 7.31. The molecule has 1 amide bonds. The SMILES string of the molecule is CC(CC(=O)NC1CCCC1C(N)=NO)CC(C)(C)C. The van der Waals surface area contributed by atoms with Crippen LogP contribution in [0.5, 0.6) is 0 Å². The molecule has 5 heteroatoms. The number of nitrogens with zero attached hydrogens (tertiary/aromatic N) is 1. The third-order valence-corrected chi connectivity index (χ3v) is 3.85. The zero-order valence-electron chi connectivity index (χ0n) is 13.1. The van der Waals surface area contributed by atoms with Gasteiger partial charge in [0.2, 0.25) is 5.91 Å². The van der Waals surface area contributed by atoms with E-state index in [9.17, 15) is 4.79 Å². The molecule has 3 unspecified atom stereocenters. The number of hydrogen-bond donors (Lipinski definition) is 3. The lowest BCUT2D eigenvalue weighted by Crippen LogP contribution is -2.42. The highest BCUT2D eigenvalue weighted by atomic mass is 16.4. The molecule has 1 saturated carbocycles. The molecule has 0 heterocycles. The Kier molecular flexibility index (Phi) is 5.84. The summed E-state index contributed by atoms with van der Waals surface area (Å²) in [5.74, 6) is 0.639. The fourth-order valence-electron chi connectivity index (χ4n) is 3.26. The van der Waals surface area contributed by atoms with Crippen molar-refractivity contribution in [3.8, 4) is 0 Å². The summed E-state index contributed by atoms with van der Waals surface area (Å²) in [6.45, 7) is 8.67. The first-order chi connectivity index (χ1) is 9.23. The third kappa shape index (κ3) is 5.39. The van der Waals surface area contributed by atoms with E-state index in [0.717, 1.165) is 25.7 Å². The Morgan fingerprint density at radius 2 is 2.10 bits per heavy atom. The van der Waals surface area contributed by atoms with Crippen molar-refractivity contribution in [2.45, 2.75) is 65.8 Å². The summed E-state index contributed by atoms with van der Waals surface area (Å²) in [6.07, 6.45) is 4.34. The molecule has 0 aromatic heterocycles. The van der Waals surface area contributed by atoms with Crippen LogP contribution >= 0.6 is 0 Å². The summed E-state index contributed by atoms with van der Waals surface area (Å²) in [5.41, 5.74) is 5.92. The number of hydrogen-bond acceptors (Lipinski definition) is 3. The van der Waals surface area contributed by atoms with Gasteiger partial charge in [-0.25, -0.2) is 0 Å². The number of amides is 1. The minimum Gasteiger partial charge on any atom is -0.409 e. The van der Waals surface area contributed by atoms with Gasteiger partial charge in [0.05, 0.1) is 0 Å². The maximum absolute atomic E-state index is 12.1. The van der Waals surface area contributed by atoms with Crippen LogP contribution in [0, 0.1) is 17.3 Å². The molecule has 0 aliphatic heterocycles. The first kappa shape index (κ1) is 16.8. The van der Waals surface area contributed by atoms with Crippen LogP contribution < -0.4 is 11.1 Å². The van der Waals surface area contributed by atoms with Crippen molar-refractivity contribution in [2.75, 3.05) is 0 Å². The van der Waals surface area contributed by atoms with Gasteiger partial charge in [0.25, 0.3) is 0 Å². The molecule has 0 aromatic rings. The molecule has 0 aromatic carbocycles. The highest BCUT2D eigenvalue weighted by Crippen LogP contribution is 2.28. The van der Waals surface area contributed by atoms with Crippen molar-refractivity contribution < 1.29 is 10.0 Å². The maximum Gasteiger partial charge on any atom is 0.220 e. The quantitative estimate of drug-likeness (QED) is 0.313. The molecule has 0 bridgehead atoms. The molecular formula is C15H29N3O2. The number of nitrogens with one attached hydrogen (secondary N) is 1. The van der Waals surface area contributed by atoms with Crippen LogP contribution in [0.2, 0.25) is 0 Å². The van der Waals surface area contributed by atoms with Crippen LogP contribution in [0.15, 0.2) is 5.16 Å². The van der Waals surface area contributed by atoms with Crippen LogP contribution in [0.4, 0.5) is 0 Å². The van der Waals surface area contributed by atoms with Crippen LogP contribution in [0.1, 0.15) is 59.8 Å². The van der Waals surface area contributed by atoms with Crippen LogP contribution in [0.25, 0.3) is 0 Å². The summed E-state index contributed by atoms with van der Waals surface area (Å²) in [4.78, 5) is 12.1. The van der Waals surface area contributed by atoms with Gasteiger partial charge in [0.1, 0.15) is 5.84 Å². The Balaban J connectivity index is 2.46. The molecule has 116 valence electrons. The first-order valence-corrected chi connectivity index (χ1v) is 7.49. The minimum absolute atomic E-state index is 0.0141. The fraction of sp³-hybridized carbons (Fsp3) is 0.867. The smallest absolute Gasteiger partial charge is 0.220 e. The predicted molar refractivity (Wildman–Crippen MR) is 80.5 cm³/mol. The van der Waals surface area contributed by atoms with Gasteiger partial charge >= 0.3 is 0 Å². The number of amidine groups is 1. The van der Waals surface area contributed by atoms with E-state index in [2.05, 4.69) is 38.2 Å². The highest BCUT2D eigenvalue weighted by Gasteiger charge is 2.32. The molecule has 1 fully saturated rings. The van der Waals surface area contributed by atoms with Crippen molar-refractivity contribution in [3.63, 3.8) is 0 Å². The molecule has 0 spiro atoms. The Labute approximate surface area is 122 Å². The van der Waals surface area contributed by atoms with Crippen LogP contribution in [0.3, 0.4) is 0 Å². The Morgan fingerprint density at radius 3 is 2.65 bits per heavy atom. The Bertz CT molecular complexity index is 361. The van der Waals surface area contributed by atoms with E-state index in [1.807, 2.05) is 0 Å². The van der Waals surface area contributed by atoms with Gasteiger partial charge < -0.3 is 16.3 Å². The molecule has 1 rings (SSSR count). The number of oxime groups is 1. The van der Waals surface area contributed by atoms with Gasteiger partial charge in [-0.15, -0.1) is 0 Å². The summed E-state index contributed by atoms with van der Waals surface area (Å²) >= 11 is 0.